The minimum Gasteiger partial charge on any atom is -0.199 e. The van der Waals surface area contributed by atoms with Gasteiger partial charge in [-0.3, -0.25) is 0 Å². The van der Waals surface area contributed by atoms with Gasteiger partial charge in [-0.15, -0.1) is 12.1 Å². The molecule has 4 aliphatic rings. The molecule has 0 amide bonds. The van der Waals surface area contributed by atoms with Crippen LogP contribution in [0, 0.1) is 6.92 Å². The Morgan fingerprint density at radius 2 is 0.771 bits per heavy atom. The van der Waals surface area contributed by atoms with Crippen molar-refractivity contribution in [2.24, 2.45) is 0 Å². The number of rotatable bonds is 6. The van der Waals surface area contributed by atoms with Crippen molar-refractivity contribution in [3.63, 3.8) is 0 Å². The summed E-state index contributed by atoms with van der Waals surface area (Å²) in [6.45, 7) is 3.72. The molecule has 4 fully saturated rings. The summed E-state index contributed by atoms with van der Waals surface area (Å²) in [6.07, 6.45) is 32.1. The Kier molecular flexibility index (Phi) is 14.7. The van der Waals surface area contributed by atoms with Gasteiger partial charge in [0.1, 0.15) is 0 Å². The quantitative estimate of drug-likeness (QED) is 0.185. The van der Waals surface area contributed by atoms with Crippen molar-refractivity contribution in [1.82, 2.24) is 0 Å². The summed E-state index contributed by atoms with van der Waals surface area (Å²) >= 11 is 0. The maximum Gasteiger partial charge on any atom is 0.156 e. The summed E-state index contributed by atoms with van der Waals surface area (Å²) in [4.78, 5) is 0. The molecule has 0 aromatic heterocycles. The third kappa shape index (κ3) is 9.92. The Hall–Kier alpha value is 0.444. The standard InChI is InChI=1S/C25H46P2.C7H7.Ni/c1-5-13-22(14-6-1)26(23-15-7-2-8-16-23)21-27(24-17-9-3-10-18-24)25-19-11-4-12-20-25;1-7-5-3-2-4-6-7;/h22-25H,1-21H2;2-6H,1H2;/q;-1;/p+2. The second kappa shape index (κ2) is 17.1. The van der Waals surface area contributed by atoms with Crippen LogP contribution in [0.25, 0.3) is 0 Å². The molecular formula is C32H55NiP2+. The van der Waals surface area contributed by atoms with Crippen molar-refractivity contribution in [2.75, 3.05) is 5.90 Å². The molecule has 0 saturated heterocycles. The van der Waals surface area contributed by atoms with Crippen molar-refractivity contribution in [3.8, 4) is 0 Å². The van der Waals surface area contributed by atoms with Gasteiger partial charge in [0, 0.05) is 32.3 Å². The van der Waals surface area contributed by atoms with Gasteiger partial charge in [0.15, 0.2) is 5.90 Å². The van der Waals surface area contributed by atoms with Crippen LogP contribution >= 0.6 is 15.8 Å². The molecule has 0 heterocycles. The van der Waals surface area contributed by atoms with Crippen LogP contribution in [0.15, 0.2) is 30.3 Å². The smallest absolute Gasteiger partial charge is 0.156 e. The van der Waals surface area contributed by atoms with E-state index >= 15 is 0 Å². The molecule has 0 nitrogen and oxygen atoms in total. The predicted octanol–water partition coefficient (Wildman–Crippen LogP) is 10.6. The first kappa shape index (κ1) is 30.0. The Morgan fingerprint density at radius 1 is 0.486 bits per heavy atom. The van der Waals surface area contributed by atoms with Crippen LogP contribution in [-0.4, -0.2) is 28.5 Å². The zero-order chi connectivity index (χ0) is 23.4. The normalized spacial score (nSPS) is 23.5. The summed E-state index contributed by atoms with van der Waals surface area (Å²) in [5.74, 6) is 1.86. The predicted molar refractivity (Wildman–Crippen MR) is 160 cm³/mol. The molecule has 0 unspecified atom stereocenters. The maximum atomic E-state index is 3.72. The topological polar surface area (TPSA) is 0 Å². The second-order valence-electron chi connectivity index (χ2n) is 12.2. The van der Waals surface area contributed by atoms with Gasteiger partial charge in [-0.05, 0) is 103 Å². The summed E-state index contributed by atoms with van der Waals surface area (Å²) in [5.41, 5.74) is 6.01. The van der Waals surface area contributed by atoms with Crippen LogP contribution in [-0.2, 0) is 16.5 Å². The molecule has 202 valence electrons. The van der Waals surface area contributed by atoms with Gasteiger partial charge in [-0.1, -0.05) is 31.7 Å². The fraction of sp³-hybridized carbons (Fsp3) is 0.781. The van der Waals surface area contributed by atoms with Gasteiger partial charge in [-0.2, -0.15) is 24.6 Å². The third-order valence-electron chi connectivity index (χ3n) is 9.77. The minimum absolute atomic E-state index is 0. The van der Waals surface area contributed by atoms with Crippen LogP contribution in [0.3, 0.4) is 0 Å². The number of hydrogen-bond acceptors (Lipinski definition) is 0. The Balaban J connectivity index is 0.000000370. The molecule has 1 aromatic carbocycles. The van der Waals surface area contributed by atoms with Crippen molar-refractivity contribution < 1.29 is 16.5 Å². The second-order valence-corrected chi connectivity index (χ2v) is 19.1. The monoisotopic (exact) mass is 559 g/mol. The average Bonchev–Trinajstić information content (AvgIpc) is 2.92. The van der Waals surface area contributed by atoms with E-state index in [1.165, 1.54) is 22.6 Å². The summed E-state index contributed by atoms with van der Waals surface area (Å²) < 4.78 is 0. The van der Waals surface area contributed by atoms with Gasteiger partial charge in [-0.25, -0.2) is 0 Å². The van der Waals surface area contributed by atoms with Crippen LogP contribution < -0.4 is 0 Å². The van der Waals surface area contributed by atoms with Crippen molar-refractivity contribution in [1.29, 1.82) is 0 Å². The zero-order valence-corrected chi connectivity index (χ0v) is 25.6. The molecule has 3 heteroatoms. The molecule has 0 N–H and O–H groups in total. The van der Waals surface area contributed by atoms with Crippen molar-refractivity contribution in [2.45, 2.75) is 151 Å². The van der Waals surface area contributed by atoms with Crippen LogP contribution in [0.2, 0.25) is 0 Å². The SMILES string of the molecule is C1CCC([PH+](C[PH+](C2CCCCC2)C2CCCCC2)C2CCCCC2)CC1.[CH2-]c1ccccc1.[Ni]. The van der Waals surface area contributed by atoms with Gasteiger partial charge in [0.05, 0.1) is 22.6 Å². The Labute approximate surface area is 231 Å². The molecule has 0 aliphatic heterocycles. The minimum atomic E-state index is -0.0959. The summed E-state index contributed by atoms with van der Waals surface area (Å²) in [5, 5.41) is 0. The van der Waals surface area contributed by atoms with Gasteiger partial charge < -0.3 is 0 Å². The van der Waals surface area contributed by atoms with Gasteiger partial charge in [0.25, 0.3) is 0 Å². The fourth-order valence-electron chi connectivity index (χ4n) is 7.85. The van der Waals surface area contributed by atoms with Gasteiger partial charge in [0.2, 0.25) is 0 Å². The average molecular weight is 560 g/mol. The van der Waals surface area contributed by atoms with E-state index in [0.29, 0.717) is 0 Å². The molecule has 0 atom stereocenters. The van der Waals surface area contributed by atoms with E-state index in [1.54, 1.807) is 128 Å². The molecule has 0 radical (unpaired) electrons. The van der Waals surface area contributed by atoms with E-state index < -0.39 is 0 Å². The molecule has 4 aliphatic carbocycles. The first-order valence-corrected chi connectivity index (χ1v) is 19.1. The van der Waals surface area contributed by atoms with E-state index in [2.05, 4.69) is 6.92 Å². The maximum absolute atomic E-state index is 3.72. The van der Waals surface area contributed by atoms with Crippen LogP contribution in [0.5, 0.6) is 0 Å². The fourth-order valence-corrected chi connectivity index (χ4v) is 20.3. The van der Waals surface area contributed by atoms with Crippen molar-refractivity contribution >= 4 is 15.8 Å². The number of benzene rings is 1. The zero-order valence-electron chi connectivity index (χ0n) is 22.6. The molecule has 5 rings (SSSR count). The molecular weight excluding hydrogens is 505 g/mol. The Morgan fingerprint density at radius 3 is 1.00 bits per heavy atom. The van der Waals surface area contributed by atoms with E-state index in [9.17, 15) is 0 Å². The van der Waals surface area contributed by atoms with E-state index in [4.69, 9.17) is 0 Å². The molecule has 0 spiro atoms. The van der Waals surface area contributed by atoms with Crippen molar-refractivity contribution in [3.05, 3.63) is 42.8 Å². The molecule has 0 bridgehead atoms. The number of hydrogen-bond donors (Lipinski definition) is 0. The van der Waals surface area contributed by atoms with E-state index in [0.717, 1.165) is 5.56 Å². The van der Waals surface area contributed by atoms with Gasteiger partial charge >= 0.3 is 0 Å². The summed E-state index contributed by atoms with van der Waals surface area (Å²) in [6, 6.07) is 9.87. The van der Waals surface area contributed by atoms with E-state index in [1.807, 2.05) is 36.2 Å². The van der Waals surface area contributed by atoms with E-state index in [-0.39, 0.29) is 32.3 Å². The molecule has 1 aromatic rings. The molecule has 35 heavy (non-hydrogen) atoms. The molecule has 4 saturated carbocycles. The van der Waals surface area contributed by atoms with Crippen LogP contribution in [0.1, 0.15) is 134 Å². The first-order chi connectivity index (χ1) is 16.8. The van der Waals surface area contributed by atoms with Crippen LogP contribution in [0.4, 0.5) is 0 Å². The first-order valence-electron chi connectivity index (χ1n) is 15.4. The third-order valence-corrected chi connectivity index (χ3v) is 19.5. The largest absolute Gasteiger partial charge is 0.199 e. The summed E-state index contributed by atoms with van der Waals surface area (Å²) in [7, 11) is -0.192. The Bertz CT molecular complexity index is 567.